The van der Waals surface area contributed by atoms with E-state index in [1.807, 2.05) is 20.8 Å². The van der Waals surface area contributed by atoms with Crippen molar-refractivity contribution in [2.24, 2.45) is 11.3 Å². The number of amides is 3. The van der Waals surface area contributed by atoms with Crippen molar-refractivity contribution in [3.63, 3.8) is 0 Å². The zero-order chi connectivity index (χ0) is 20.3. The number of piperidine rings is 2. The van der Waals surface area contributed by atoms with Crippen molar-refractivity contribution in [1.82, 2.24) is 20.1 Å². The Morgan fingerprint density at radius 3 is 2.36 bits per heavy atom. The van der Waals surface area contributed by atoms with Gasteiger partial charge in [0, 0.05) is 31.6 Å². The van der Waals surface area contributed by atoms with Crippen LogP contribution in [0.1, 0.15) is 63.4 Å². The number of nitrogens with one attached hydrogen (secondary N) is 1. The Morgan fingerprint density at radius 2 is 1.68 bits per heavy atom. The van der Waals surface area contributed by atoms with Gasteiger partial charge in [0.1, 0.15) is 0 Å². The third-order valence-corrected chi connectivity index (χ3v) is 5.30. The fourth-order valence-electron chi connectivity index (χ4n) is 3.73. The number of likely N-dealkylation sites (tertiary alicyclic amines) is 2. The molecule has 2 saturated heterocycles. The van der Waals surface area contributed by atoms with Crippen LogP contribution in [-0.2, 0) is 9.59 Å². The van der Waals surface area contributed by atoms with Crippen LogP contribution in [0.3, 0.4) is 0 Å². The van der Waals surface area contributed by atoms with Gasteiger partial charge in [0.05, 0.1) is 5.92 Å². The lowest BCUT2D eigenvalue weighted by Crippen LogP contribution is -2.47. The van der Waals surface area contributed by atoms with Gasteiger partial charge in [-0.05, 0) is 42.4 Å². The molecule has 0 saturated carbocycles. The van der Waals surface area contributed by atoms with Crippen molar-refractivity contribution in [3.05, 3.63) is 5.69 Å². The molecule has 2 aliphatic rings. The average Bonchev–Trinajstić information content (AvgIpc) is 3.15. The highest BCUT2D eigenvalue weighted by atomic mass is 16.6. The lowest BCUT2D eigenvalue weighted by atomic mass is 9.91. The standard InChI is InChI=1S/C19H29N5O4/c1-19(2,3)18(27)24-11-7-8-13(12-24)16(25)20-15-14(21-28-22-15)17(26)23-9-5-4-6-10-23/h13H,4-12H2,1-3H3,(H,20,22,25). The van der Waals surface area contributed by atoms with Gasteiger partial charge in [-0.25, -0.2) is 4.63 Å². The second kappa shape index (κ2) is 8.28. The number of aromatic nitrogens is 2. The molecule has 9 nitrogen and oxygen atoms in total. The second-order valence-electron chi connectivity index (χ2n) is 8.64. The van der Waals surface area contributed by atoms with Gasteiger partial charge in [0.15, 0.2) is 0 Å². The Bertz CT molecular complexity index is 733. The molecule has 0 aromatic carbocycles. The van der Waals surface area contributed by atoms with Gasteiger partial charge in [0.25, 0.3) is 5.91 Å². The van der Waals surface area contributed by atoms with Gasteiger partial charge in [0.2, 0.25) is 23.3 Å². The van der Waals surface area contributed by atoms with Gasteiger partial charge in [-0.15, -0.1) is 0 Å². The van der Waals surface area contributed by atoms with Crippen LogP contribution in [0.4, 0.5) is 5.82 Å². The van der Waals surface area contributed by atoms with Crippen LogP contribution < -0.4 is 5.32 Å². The first-order valence-corrected chi connectivity index (χ1v) is 9.99. The smallest absolute Gasteiger partial charge is 0.280 e. The Balaban J connectivity index is 1.64. The molecular formula is C19H29N5O4. The second-order valence-corrected chi connectivity index (χ2v) is 8.64. The molecule has 0 aliphatic carbocycles. The van der Waals surface area contributed by atoms with E-state index in [9.17, 15) is 14.4 Å². The molecule has 3 amide bonds. The molecule has 9 heteroatoms. The van der Waals surface area contributed by atoms with Crippen LogP contribution in [0.25, 0.3) is 0 Å². The normalized spacial score (nSPS) is 20.8. The lowest BCUT2D eigenvalue weighted by molar-refractivity contribution is -0.142. The first kappa shape index (κ1) is 20.3. The highest BCUT2D eigenvalue weighted by molar-refractivity contribution is 6.01. The predicted octanol–water partition coefficient (Wildman–Crippen LogP) is 1.92. The van der Waals surface area contributed by atoms with Crippen molar-refractivity contribution >= 4 is 23.5 Å². The minimum Gasteiger partial charge on any atom is -0.341 e. The number of hydrogen-bond donors (Lipinski definition) is 1. The van der Waals surface area contributed by atoms with Crippen LogP contribution in [0.2, 0.25) is 0 Å². The molecule has 154 valence electrons. The number of anilines is 1. The van der Waals surface area contributed by atoms with E-state index in [1.54, 1.807) is 9.80 Å². The fraction of sp³-hybridized carbons (Fsp3) is 0.737. The van der Waals surface area contributed by atoms with Gasteiger partial charge in [-0.1, -0.05) is 20.8 Å². The van der Waals surface area contributed by atoms with Crippen molar-refractivity contribution in [2.45, 2.75) is 52.9 Å². The molecule has 0 spiro atoms. The van der Waals surface area contributed by atoms with E-state index in [1.165, 1.54) is 0 Å². The van der Waals surface area contributed by atoms with Gasteiger partial charge in [-0.3, -0.25) is 14.4 Å². The largest absolute Gasteiger partial charge is 0.341 e. The summed E-state index contributed by atoms with van der Waals surface area (Å²) in [7, 11) is 0. The van der Waals surface area contributed by atoms with E-state index >= 15 is 0 Å². The number of nitrogens with zero attached hydrogens (tertiary/aromatic N) is 4. The summed E-state index contributed by atoms with van der Waals surface area (Å²) >= 11 is 0. The summed E-state index contributed by atoms with van der Waals surface area (Å²) in [6, 6.07) is 0. The summed E-state index contributed by atoms with van der Waals surface area (Å²) in [6.07, 6.45) is 4.46. The summed E-state index contributed by atoms with van der Waals surface area (Å²) in [4.78, 5) is 41.4. The van der Waals surface area contributed by atoms with Gasteiger partial charge in [-0.2, -0.15) is 0 Å². The fourth-order valence-corrected chi connectivity index (χ4v) is 3.73. The lowest BCUT2D eigenvalue weighted by Gasteiger charge is -2.35. The van der Waals surface area contributed by atoms with Crippen molar-refractivity contribution in [3.8, 4) is 0 Å². The Kier molecular flexibility index (Phi) is 6.00. The molecule has 3 heterocycles. The van der Waals surface area contributed by atoms with E-state index < -0.39 is 5.41 Å². The Hall–Kier alpha value is -2.45. The highest BCUT2D eigenvalue weighted by Gasteiger charge is 2.34. The zero-order valence-corrected chi connectivity index (χ0v) is 16.9. The maximum Gasteiger partial charge on any atom is 0.280 e. The molecule has 1 aromatic heterocycles. The molecular weight excluding hydrogens is 362 g/mol. The minimum atomic E-state index is -0.484. The van der Waals surface area contributed by atoms with E-state index in [0.717, 1.165) is 25.7 Å². The van der Waals surface area contributed by atoms with Crippen molar-refractivity contribution in [1.29, 1.82) is 0 Å². The van der Waals surface area contributed by atoms with E-state index in [-0.39, 0.29) is 35.2 Å². The van der Waals surface area contributed by atoms with Crippen LogP contribution >= 0.6 is 0 Å². The third-order valence-electron chi connectivity index (χ3n) is 5.30. The van der Waals surface area contributed by atoms with Crippen LogP contribution in [0.15, 0.2) is 4.63 Å². The molecule has 0 radical (unpaired) electrons. The number of carbonyl (C=O) groups is 3. The summed E-state index contributed by atoms with van der Waals surface area (Å²) < 4.78 is 4.72. The molecule has 3 rings (SSSR count). The predicted molar refractivity (Wildman–Crippen MR) is 101 cm³/mol. The summed E-state index contributed by atoms with van der Waals surface area (Å²) in [5.41, 5.74) is -0.448. The zero-order valence-electron chi connectivity index (χ0n) is 16.9. The molecule has 2 aliphatic heterocycles. The summed E-state index contributed by atoms with van der Waals surface area (Å²) in [6.45, 7) is 7.99. The molecule has 2 fully saturated rings. The number of carbonyl (C=O) groups excluding carboxylic acids is 3. The molecule has 0 bridgehead atoms. The van der Waals surface area contributed by atoms with Crippen LogP contribution in [0, 0.1) is 11.3 Å². The number of hydrogen-bond acceptors (Lipinski definition) is 6. The van der Waals surface area contributed by atoms with Crippen molar-refractivity contribution in [2.75, 3.05) is 31.5 Å². The topological polar surface area (TPSA) is 109 Å². The molecule has 28 heavy (non-hydrogen) atoms. The highest BCUT2D eigenvalue weighted by Crippen LogP contribution is 2.25. The molecule has 1 unspecified atom stereocenters. The van der Waals surface area contributed by atoms with Crippen LogP contribution in [0.5, 0.6) is 0 Å². The van der Waals surface area contributed by atoms with Crippen molar-refractivity contribution < 1.29 is 19.0 Å². The van der Waals surface area contributed by atoms with E-state index in [0.29, 0.717) is 32.6 Å². The average molecular weight is 391 g/mol. The maximum absolute atomic E-state index is 12.8. The van der Waals surface area contributed by atoms with E-state index in [2.05, 4.69) is 15.6 Å². The molecule has 1 aromatic rings. The minimum absolute atomic E-state index is 0.0358. The third kappa shape index (κ3) is 4.51. The van der Waals surface area contributed by atoms with E-state index in [4.69, 9.17) is 4.63 Å². The SMILES string of the molecule is CC(C)(C)C(=O)N1CCCC(C(=O)Nc2nonc2C(=O)N2CCCCC2)C1. The van der Waals surface area contributed by atoms with Gasteiger partial charge < -0.3 is 15.1 Å². The van der Waals surface area contributed by atoms with Gasteiger partial charge >= 0.3 is 0 Å². The summed E-state index contributed by atoms with van der Waals surface area (Å²) in [5, 5.41) is 10.1. The quantitative estimate of drug-likeness (QED) is 0.843. The Morgan fingerprint density at radius 1 is 1.00 bits per heavy atom. The number of rotatable bonds is 3. The van der Waals surface area contributed by atoms with Crippen LogP contribution in [-0.4, -0.2) is 64.0 Å². The maximum atomic E-state index is 12.8. The first-order valence-electron chi connectivity index (χ1n) is 9.99. The first-order chi connectivity index (χ1) is 13.3. The summed E-state index contributed by atoms with van der Waals surface area (Å²) in [5.74, 6) is -0.803. The molecule has 1 N–H and O–H groups in total. The molecule has 1 atom stereocenters. The monoisotopic (exact) mass is 391 g/mol. The Labute approximate surface area is 164 Å².